The van der Waals surface area contributed by atoms with Gasteiger partial charge >= 0.3 is 5.97 Å². The molecule has 0 bridgehead atoms. The average molecular weight is 405 g/mol. The largest absolute Gasteiger partial charge is 0.505 e. The Balaban J connectivity index is 2.29. The number of hydrogen-bond donors (Lipinski definition) is 1. The first-order valence-corrected chi connectivity index (χ1v) is 8.87. The Labute approximate surface area is 164 Å². The minimum absolute atomic E-state index is 0.0821. The van der Waals surface area contributed by atoms with Crippen LogP contribution in [0.25, 0.3) is 10.9 Å². The Kier molecular flexibility index (Phi) is 5.37. The number of aromatic nitrogens is 1. The summed E-state index contributed by atoms with van der Waals surface area (Å²) in [5.41, 5.74) is 0.314. The molecule has 29 heavy (non-hydrogen) atoms. The zero-order chi connectivity index (χ0) is 21.5. The molecule has 0 amide bonds. The molecule has 8 heteroatoms. The fraction of sp³-hybridized carbons (Fsp3) is 0.238. The van der Waals surface area contributed by atoms with Crippen LogP contribution in [0.3, 0.4) is 0 Å². The normalized spacial score (nSPS) is 12.2. The van der Waals surface area contributed by atoms with E-state index in [1.165, 1.54) is 19.9 Å². The molecule has 0 saturated carbocycles. The summed E-state index contributed by atoms with van der Waals surface area (Å²) in [5.74, 6) is -6.25. The molecule has 0 saturated heterocycles. The van der Waals surface area contributed by atoms with Gasteiger partial charge in [0.2, 0.25) is 0 Å². The Bertz CT molecular complexity index is 1140. The van der Waals surface area contributed by atoms with E-state index in [1.807, 2.05) is 0 Å². The van der Waals surface area contributed by atoms with Gasteiger partial charge in [0.15, 0.2) is 23.2 Å². The number of carbonyl (C=O) groups is 2. The first kappa shape index (κ1) is 20.4. The van der Waals surface area contributed by atoms with Crippen LogP contribution in [0, 0.1) is 24.4 Å². The number of rotatable bonds is 4. The highest BCUT2D eigenvalue weighted by molar-refractivity contribution is 6.05. The van der Waals surface area contributed by atoms with E-state index in [0.29, 0.717) is 0 Å². The maximum absolute atomic E-state index is 14.8. The van der Waals surface area contributed by atoms with Gasteiger partial charge in [-0.3, -0.25) is 14.2 Å². The van der Waals surface area contributed by atoms with Crippen molar-refractivity contribution >= 4 is 22.8 Å². The van der Waals surface area contributed by atoms with Gasteiger partial charge in [0.1, 0.15) is 0 Å². The topological polar surface area (TPSA) is 68.5 Å². The van der Waals surface area contributed by atoms with Crippen molar-refractivity contribution in [2.45, 2.75) is 26.7 Å². The Morgan fingerprint density at radius 3 is 2.45 bits per heavy atom. The van der Waals surface area contributed by atoms with Crippen LogP contribution in [0.1, 0.15) is 41.4 Å². The van der Waals surface area contributed by atoms with Crippen LogP contribution in [0.15, 0.2) is 30.3 Å². The van der Waals surface area contributed by atoms with E-state index in [-0.39, 0.29) is 34.3 Å². The molecular formula is C21H18F3NO4. The molecule has 3 rings (SSSR count). The Morgan fingerprint density at radius 2 is 1.83 bits per heavy atom. The summed E-state index contributed by atoms with van der Waals surface area (Å²) in [6, 6.07) is 5.06. The van der Waals surface area contributed by atoms with Gasteiger partial charge in [0.05, 0.1) is 18.0 Å². The van der Waals surface area contributed by atoms with Gasteiger partial charge in [-0.05, 0) is 56.7 Å². The van der Waals surface area contributed by atoms with Crippen molar-refractivity contribution in [2.24, 2.45) is 0 Å². The van der Waals surface area contributed by atoms with Gasteiger partial charge < -0.3 is 9.84 Å². The van der Waals surface area contributed by atoms with Crippen LogP contribution in [0.2, 0.25) is 0 Å². The molecule has 0 spiro atoms. The van der Waals surface area contributed by atoms with Crippen molar-refractivity contribution in [2.75, 3.05) is 6.61 Å². The van der Waals surface area contributed by atoms with Crippen LogP contribution >= 0.6 is 0 Å². The first-order chi connectivity index (χ1) is 13.7. The summed E-state index contributed by atoms with van der Waals surface area (Å²) >= 11 is 0. The SMILES string of the molecule is CCOC(=O)C(C)c1c(C)n(C(=O)c2ccc(F)c(F)c2)c2ccc(O)c(F)c12. The third-order valence-corrected chi connectivity index (χ3v) is 4.78. The van der Waals surface area contributed by atoms with Gasteiger partial charge in [0, 0.05) is 16.6 Å². The third-order valence-electron chi connectivity index (χ3n) is 4.78. The number of nitrogens with zero attached hydrogens (tertiary/aromatic N) is 1. The molecule has 3 aromatic rings. The molecule has 0 fully saturated rings. The molecule has 1 unspecified atom stereocenters. The summed E-state index contributed by atoms with van der Waals surface area (Å²) in [4.78, 5) is 25.3. The molecule has 1 aromatic heterocycles. The lowest BCUT2D eigenvalue weighted by molar-refractivity contribution is -0.144. The number of phenols is 1. The van der Waals surface area contributed by atoms with Crippen molar-refractivity contribution in [3.8, 4) is 5.75 Å². The van der Waals surface area contributed by atoms with Crippen molar-refractivity contribution < 1.29 is 32.6 Å². The molecule has 152 valence electrons. The maximum atomic E-state index is 14.8. The Morgan fingerprint density at radius 1 is 1.14 bits per heavy atom. The summed E-state index contributed by atoms with van der Waals surface area (Å²) in [6.45, 7) is 4.73. The molecule has 0 aliphatic carbocycles. The van der Waals surface area contributed by atoms with Gasteiger partial charge in [-0.2, -0.15) is 0 Å². The smallest absolute Gasteiger partial charge is 0.313 e. The van der Waals surface area contributed by atoms with E-state index in [9.17, 15) is 27.9 Å². The number of phenolic OH excluding ortho intramolecular Hbond substituents is 1. The number of ether oxygens (including phenoxy) is 1. The lowest BCUT2D eigenvalue weighted by atomic mass is 9.97. The number of benzene rings is 2. The molecular weight excluding hydrogens is 387 g/mol. The van der Waals surface area contributed by atoms with Crippen molar-refractivity contribution in [3.05, 3.63) is 64.6 Å². The third kappa shape index (κ3) is 3.35. The summed E-state index contributed by atoms with van der Waals surface area (Å²) in [6.07, 6.45) is 0. The number of fused-ring (bicyclic) bond motifs is 1. The molecule has 1 N–H and O–H groups in total. The summed E-state index contributed by atoms with van der Waals surface area (Å²) < 4.78 is 47.8. The molecule has 5 nitrogen and oxygen atoms in total. The zero-order valence-electron chi connectivity index (χ0n) is 15.9. The van der Waals surface area contributed by atoms with E-state index in [2.05, 4.69) is 0 Å². The van der Waals surface area contributed by atoms with Crippen LogP contribution < -0.4 is 0 Å². The van der Waals surface area contributed by atoms with Crippen LogP contribution in [-0.4, -0.2) is 28.2 Å². The van der Waals surface area contributed by atoms with Crippen molar-refractivity contribution in [3.63, 3.8) is 0 Å². The van der Waals surface area contributed by atoms with E-state index in [1.54, 1.807) is 6.92 Å². The zero-order valence-corrected chi connectivity index (χ0v) is 15.9. The quantitative estimate of drug-likeness (QED) is 0.652. The standard InChI is InChI=1S/C21H18F3NO4/c1-4-29-21(28)10(2)17-11(3)25(15-7-8-16(26)19(24)18(15)17)20(27)12-5-6-13(22)14(23)9-12/h5-10,26H,4H2,1-3H3. The van der Waals surface area contributed by atoms with E-state index in [4.69, 9.17) is 4.74 Å². The summed E-state index contributed by atoms with van der Waals surface area (Å²) in [5, 5.41) is 9.70. The minimum atomic E-state index is -1.20. The van der Waals surface area contributed by atoms with Crippen LogP contribution in [0.5, 0.6) is 5.75 Å². The molecule has 0 aliphatic rings. The van der Waals surface area contributed by atoms with Crippen LogP contribution in [-0.2, 0) is 9.53 Å². The fourth-order valence-corrected chi connectivity index (χ4v) is 3.41. The van der Waals surface area contributed by atoms with Gasteiger partial charge in [-0.25, -0.2) is 13.2 Å². The van der Waals surface area contributed by atoms with E-state index < -0.39 is 41.0 Å². The predicted octanol–water partition coefficient (Wildman–Crippen LogP) is 4.43. The monoisotopic (exact) mass is 405 g/mol. The minimum Gasteiger partial charge on any atom is -0.505 e. The second kappa shape index (κ2) is 7.62. The fourth-order valence-electron chi connectivity index (χ4n) is 3.41. The number of esters is 1. The van der Waals surface area contributed by atoms with E-state index in [0.717, 1.165) is 28.8 Å². The molecule has 0 aliphatic heterocycles. The second-order valence-corrected chi connectivity index (χ2v) is 6.54. The van der Waals surface area contributed by atoms with Crippen molar-refractivity contribution in [1.82, 2.24) is 4.57 Å². The Hall–Kier alpha value is -3.29. The number of aromatic hydroxyl groups is 1. The van der Waals surface area contributed by atoms with Gasteiger partial charge in [0.25, 0.3) is 5.91 Å². The second-order valence-electron chi connectivity index (χ2n) is 6.54. The molecule has 1 heterocycles. The first-order valence-electron chi connectivity index (χ1n) is 8.87. The average Bonchev–Trinajstić information content (AvgIpc) is 2.98. The molecule has 1 atom stereocenters. The highest BCUT2D eigenvalue weighted by Crippen LogP contribution is 2.37. The van der Waals surface area contributed by atoms with Crippen LogP contribution in [0.4, 0.5) is 13.2 Å². The van der Waals surface area contributed by atoms with Crippen molar-refractivity contribution in [1.29, 1.82) is 0 Å². The highest BCUT2D eigenvalue weighted by atomic mass is 19.2. The number of carbonyl (C=O) groups excluding carboxylic acids is 2. The van der Waals surface area contributed by atoms with Gasteiger partial charge in [-0.1, -0.05) is 0 Å². The summed E-state index contributed by atoms with van der Waals surface area (Å²) in [7, 11) is 0. The lowest BCUT2D eigenvalue weighted by Crippen LogP contribution is -2.17. The van der Waals surface area contributed by atoms with E-state index >= 15 is 0 Å². The van der Waals surface area contributed by atoms with Gasteiger partial charge in [-0.15, -0.1) is 0 Å². The predicted molar refractivity (Wildman–Crippen MR) is 99.4 cm³/mol. The highest BCUT2D eigenvalue weighted by Gasteiger charge is 2.30. The lowest BCUT2D eigenvalue weighted by Gasteiger charge is -2.12. The molecule has 2 aromatic carbocycles. The maximum Gasteiger partial charge on any atom is 0.313 e. The molecule has 0 radical (unpaired) electrons. The number of hydrogen-bond acceptors (Lipinski definition) is 4. The number of halogens is 3.